The van der Waals surface area contributed by atoms with Gasteiger partial charge in [0.15, 0.2) is 5.65 Å². The first-order chi connectivity index (χ1) is 14.2. The van der Waals surface area contributed by atoms with Crippen molar-refractivity contribution in [3.8, 4) is 0 Å². The molecule has 8 heteroatoms. The lowest BCUT2D eigenvalue weighted by atomic mass is 10.2. The van der Waals surface area contributed by atoms with Gasteiger partial charge in [-0.05, 0) is 25.0 Å². The molecule has 152 valence electrons. The monoisotopic (exact) mass is 396 g/mol. The molecule has 0 spiro atoms. The zero-order chi connectivity index (χ0) is 20.6. The molecule has 1 N–H and O–H groups in total. The largest absolute Gasteiger partial charge is 0.462 e. The second kappa shape index (κ2) is 9.68. The minimum Gasteiger partial charge on any atom is -0.462 e. The molecule has 8 nitrogen and oxygen atoms in total. The van der Waals surface area contributed by atoms with E-state index >= 15 is 0 Å². The topological polar surface area (TPSA) is 95.3 Å². The van der Waals surface area contributed by atoms with Gasteiger partial charge in [0.25, 0.3) is 5.56 Å². The predicted molar refractivity (Wildman–Crippen MR) is 110 cm³/mol. The maximum atomic E-state index is 12.8. The van der Waals surface area contributed by atoms with Crippen molar-refractivity contribution in [2.45, 2.75) is 33.2 Å². The fourth-order valence-electron chi connectivity index (χ4n) is 2.79. The van der Waals surface area contributed by atoms with Gasteiger partial charge in [0.05, 0.1) is 12.0 Å². The molecule has 0 amide bonds. The van der Waals surface area contributed by atoms with Crippen molar-refractivity contribution in [3.63, 3.8) is 0 Å². The van der Waals surface area contributed by atoms with E-state index in [1.165, 1.54) is 12.4 Å². The summed E-state index contributed by atoms with van der Waals surface area (Å²) in [4.78, 5) is 39.3. The second-order valence-corrected chi connectivity index (χ2v) is 6.36. The molecule has 0 aliphatic rings. The lowest BCUT2D eigenvalue weighted by molar-refractivity contribution is 0.0514. The third-order valence-corrected chi connectivity index (χ3v) is 4.28. The lowest BCUT2D eigenvalue weighted by Crippen LogP contribution is -2.33. The van der Waals surface area contributed by atoms with Gasteiger partial charge in [-0.25, -0.2) is 14.8 Å². The van der Waals surface area contributed by atoms with Gasteiger partial charge in [0.1, 0.15) is 24.3 Å². The zero-order valence-corrected chi connectivity index (χ0v) is 16.6. The molecule has 1 aromatic carbocycles. The van der Waals surface area contributed by atoms with Gasteiger partial charge in [-0.1, -0.05) is 43.7 Å². The predicted octanol–water partition coefficient (Wildman–Crippen LogP) is 2.81. The van der Waals surface area contributed by atoms with Crippen LogP contribution in [0.4, 0.5) is 5.82 Å². The van der Waals surface area contributed by atoms with Crippen molar-refractivity contribution in [2.75, 3.05) is 18.5 Å². The molecule has 0 saturated heterocycles. The van der Waals surface area contributed by atoms with E-state index in [4.69, 9.17) is 9.57 Å². The van der Waals surface area contributed by atoms with Crippen molar-refractivity contribution in [1.82, 2.24) is 14.7 Å². The molecule has 0 radical (unpaired) electrons. The van der Waals surface area contributed by atoms with Crippen LogP contribution in [0.3, 0.4) is 0 Å². The molecule has 0 unspecified atom stereocenters. The lowest BCUT2D eigenvalue weighted by Gasteiger charge is -2.14. The summed E-state index contributed by atoms with van der Waals surface area (Å²) in [6.07, 6.45) is 3.03. The molecule has 29 heavy (non-hydrogen) atoms. The summed E-state index contributed by atoms with van der Waals surface area (Å²) in [5, 5.41) is 3.74. The highest BCUT2D eigenvalue weighted by Gasteiger charge is 2.20. The number of benzene rings is 1. The van der Waals surface area contributed by atoms with Crippen LogP contribution in [-0.2, 0) is 11.3 Å². The van der Waals surface area contributed by atoms with Crippen molar-refractivity contribution < 1.29 is 14.4 Å². The third-order valence-electron chi connectivity index (χ3n) is 4.28. The van der Waals surface area contributed by atoms with E-state index in [0.717, 1.165) is 23.1 Å². The van der Waals surface area contributed by atoms with Gasteiger partial charge in [-0.15, -0.1) is 4.73 Å². The molecule has 3 aromatic rings. The number of carbonyl (C=O) groups excluding carboxylic acids is 1. The molecule has 3 rings (SSSR count). The average Bonchev–Trinajstić information content (AvgIpc) is 2.74. The number of nitrogens with zero attached hydrogens (tertiary/aromatic N) is 3. The van der Waals surface area contributed by atoms with Gasteiger partial charge in [0, 0.05) is 6.54 Å². The summed E-state index contributed by atoms with van der Waals surface area (Å²) in [5.74, 6) is -0.206. The van der Waals surface area contributed by atoms with Crippen LogP contribution in [0.15, 0.2) is 47.5 Å². The Kier molecular flexibility index (Phi) is 6.78. The number of ether oxygens (including phenoxy) is 1. The zero-order valence-electron chi connectivity index (χ0n) is 16.6. The minimum atomic E-state index is -0.704. The molecular weight excluding hydrogens is 372 g/mol. The summed E-state index contributed by atoms with van der Waals surface area (Å²) >= 11 is 0. The quantitative estimate of drug-likeness (QED) is 0.439. The van der Waals surface area contributed by atoms with Crippen molar-refractivity contribution in [3.05, 3.63) is 64.2 Å². The number of hydrogen-bond donors (Lipinski definition) is 1. The van der Waals surface area contributed by atoms with Crippen molar-refractivity contribution >= 4 is 22.8 Å². The summed E-state index contributed by atoms with van der Waals surface area (Å²) in [7, 11) is 0. The van der Waals surface area contributed by atoms with Crippen LogP contribution >= 0.6 is 0 Å². The number of aromatic nitrogens is 3. The van der Waals surface area contributed by atoms with Gasteiger partial charge >= 0.3 is 5.97 Å². The first kappa shape index (κ1) is 20.3. The summed E-state index contributed by atoms with van der Waals surface area (Å²) in [6.45, 7) is 4.72. The van der Waals surface area contributed by atoms with Crippen LogP contribution in [0.5, 0.6) is 0 Å². The van der Waals surface area contributed by atoms with Crippen LogP contribution in [0.1, 0.15) is 42.6 Å². The van der Waals surface area contributed by atoms with E-state index in [1.54, 1.807) is 6.92 Å². The van der Waals surface area contributed by atoms with E-state index in [0.29, 0.717) is 30.0 Å². The molecule has 0 saturated carbocycles. The van der Waals surface area contributed by atoms with Gasteiger partial charge in [0.2, 0.25) is 0 Å². The van der Waals surface area contributed by atoms with E-state index < -0.39 is 11.5 Å². The molecule has 2 heterocycles. The molecule has 0 bridgehead atoms. The number of unbranched alkanes of at least 4 members (excludes halogenated alkanes) is 1. The number of nitrogens with one attached hydrogen (secondary N) is 1. The molecule has 2 aromatic heterocycles. The Bertz CT molecular complexity index is 1030. The van der Waals surface area contributed by atoms with E-state index in [-0.39, 0.29) is 12.2 Å². The van der Waals surface area contributed by atoms with Crippen LogP contribution in [0.2, 0.25) is 0 Å². The Hall–Kier alpha value is -3.42. The Balaban J connectivity index is 2.06. The number of rotatable bonds is 9. The Morgan fingerprint density at radius 3 is 2.69 bits per heavy atom. The number of esters is 1. The highest BCUT2D eigenvalue weighted by atomic mass is 16.7. The second-order valence-electron chi connectivity index (χ2n) is 6.36. The summed E-state index contributed by atoms with van der Waals surface area (Å²) < 4.78 is 6.10. The number of anilines is 1. The smallest absolute Gasteiger partial charge is 0.343 e. The normalized spacial score (nSPS) is 10.7. The fourth-order valence-corrected chi connectivity index (χ4v) is 2.79. The third kappa shape index (κ3) is 4.71. The van der Waals surface area contributed by atoms with Gasteiger partial charge in [-0.2, -0.15) is 0 Å². The highest BCUT2D eigenvalue weighted by Crippen LogP contribution is 2.20. The first-order valence-corrected chi connectivity index (χ1v) is 9.64. The SMILES string of the molecule is CCCCOn1c(=O)c(C(=O)OCC)cc2c(NCc3ccccc3)ncnc21. The molecule has 0 atom stereocenters. The van der Waals surface area contributed by atoms with E-state index in [9.17, 15) is 9.59 Å². The number of carbonyl (C=O) groups is 1. The maximum absolute atomic E-state index is 12.8. The van der Waals surface area contributed by atoms with Gasteiger partial charge in [-0.3, -0.25) is 4.79 Å². The van der Waals surface area contributed by atoms with Crippen LogP contribution in [0, 0.1) is 0 Å². The van der Waals surface area contributed by atoms with E-state index in [2.05, 4.69) is 15.3 Å². The summed E-state index contributed by atoms with van der Waals surface area (Å²) in [5.41, 5.74) is 0.648. The van der Waals surface area contributed by atoms with E-state index in [1.807, 2.05) is 37.3 Å². The fraction of sp³-hybridized carbons (Fsp3) is 0.333. The van der Waals surface area contributed by atoms with Crippen LogP contribution in [-0.4, -0.2) is 33.9 Å². The number of fused-ring (bicyclic) bond motifs is 1. The standard InChI is InChI=1S/C21H24N4O4/c1-3-5-11-29-25-19-16(12-17(20(25)26)21(27)28-4-2)18(23-14-24-19)22-13-15-9-7-6-8-10-15/h6-10,12,14H,3-5,11,13H2,1-2H3,(H,22,23,24). The molecule has 0 aliphatic heterocycles. The maximum Gasteiger partial charge on any atom is 0.343 e. The van der Waals surface area contributed by atoms with Gasteiger partial charge < -0.3 is 14.9 Å². The molecule has 0 fully saturated rings. The van der Waals surface area contributed by atoms with Crippen molar-refractivity contribution in [1.29, 1.82) is 0 Å². The van der Waals surface area contributed by atoms with Crippen LogP contribution in [0.25, 0.3) is 11.0 Å². The molecule has 0 aliphatic carbocycles. The highest BCUT2D eigenvalue weighted by molar-refractivity contribution is 5.96. The molecular formula is C21H24N4O4. The van der Waals surface area contributed by atoms with Crippen LogP contribution < -0.4 is 15.7 Å². The summed E-state index contributed by atoms with van der Waals surface area (Å²) in [6, 6.07) is 11.3. The number of hydrogen-bond acceptors (Lipinski definition) is 7. The Morgan fingerprint density at radius 1 is 1.17 bits per heavy atom. The average molecular weight is 396 g/mol. The Labute approximate surface area is 168 Å². The minimum absolute atomic E-state index is 0.117. The Morgan fingerprint density at radius 2 is 1.97 bits per heavy atom. The number of pyridine rings is 1. The first-order valence-electron chi connectivity index (χ1n) is 9.64. The van der Waals surface area contributed by atoms with Crippen molar-refractivity contribution in [2.24, 2.45) is 0 Å².